The van der Waals surface area contributed by atoms with Gasteiger partial charge in [-0.15, -0.1) is 11.8 Å². The van der Waals surface area contributed by atoms with Crippen LogP contribution in [0.15, 0.2) is 30.5 Å². The van der Waals surface area contributed by atoms with Crippen LogP contribution in [0.25, 0.3) is 10.9 Å². The summed E-state index contributed by atoms with van der Waals surface area (Å²) in [7, 11) is 0. The molecule has 2 aromatic rings. The fraction of sp³-hybridized carbons (Fsp3) is 0.632. The van der Waals surface area contributed by atoms with E-state index < -0.39 is 297 Å². The molecule has 36 N–H and O–H groups in total. The van der Waals surface area contributed by atoms with Crippen molar-refractivity contribution in [1.29, 1.82) is 10.8 Å². The summed E-state index contributed by atoms with van der Waals surface area (Å²) < 4.78 is 0. The summed E-state index contributed by atoms with van der Waals surface area (Å²) in [5.74, 6) is -25.0. The van der Waals surface area contributed by atoms with Gasteiger partial charge >= 0.3 is 17.9 Å². The smallest absolute Gasteiger partial charge is 0.305 e. The summed E-state index contributed by atoms with van der Waals surface area (Å²) in [5, 5.41) is 90.5. The number of aromatic amines is 1. The predicted molar refractivity (Wildman–Crippen MR) is 512 cm³/mol. The molecule has 14 atom stereocenters. The van der Waals surface area contributed by atoms with Gasteiger partial charge in [0.2, 0.25) is 112 Å². The standard InChI is InChI=1S/C87H142N28O25S/c1-8-47(6)72(84(139)108-54(22-15-31-96-86(92)93)75(130)110-58(34-45(2)3)79(134)109-57(23-16-32-97-87(94)95)85(140)115-33-17-24-63(115)83(138)102-40-66(119)100-39-65(118)101-42-68(121)104-62(73(91)128)43-141-44-64(90)117)114-78(133)53(21-12-14-30-89)105-77(132)56(26-28-70(124)125)107-81(136)60(36-49-38-99-51-19-10-9-18-50(49)51)112-74(129)52(20-11-13-29-88)106-82(137)61(37-71(126)127)113-80(135)59(35-46(4)5)111-76(131)55(25-27-69(122)123)103-67(120)41-98-48(7)116/h9-10,18-19,38,45-47,52-63,72,99H,8,11-17,20-37,39-44,88-89H2,1-7H3,(H2,90,117)(H2,91,128)(H,98,116)(H,100,119)(H,101,118)(H,102,138)(H,103,120)(H,104,121)(H,105,132)(H,106,137)(H,107,136)(H,108,139)(H,109,134)(H,110,130)(H,111,131)(H,112,129)(H,113,135)(H,114,133)(H,122,123)(H,124,125)(H,126,127)(H4,92,93,96)(H4,94,95,97)/t47-,52-,53-,54-,55-,56-,57-,58-,59-,60-,61-,62-,63-,72-/m0/s1. The number of carbonyl (C=O) groups excluding carboxylic acids is 19. The Morgan fingerprint density at radius 2 is 0.858 bits per heavy atom. The molecule has 2 heterocycles. The number of nitrogens with two attached hydrogens (primary N) is 6. The van der Waals surface area contributed by atoms with Gasteiger partial charge in [0.25, 0.3) is 0 Å². The summed E-state index contributed by atoms with van der Waals surface area (Å²) in [5.41, 5.74) is 34.3. The number of unbranched alkanes of at least 4 members (excludes halogenated alkanes) is 2. The SMILES string of the molecule is CC[C@H](C)[C@H](NC(=O)[C@H](CCCCN)NC(=O)[C@H](CCC(=O)O)NC(=O)[C@H](Cc1c[nH]c2ccccc12)NC(=O)[C@H](CCCCN)NC(=O)[C@H](CC(=O)O)NC(=O)[C@H](CC(C)C)NC(=O)[C@H](CCC(=O)O)NC(=O)CNC(C)=O)C(=O)N[C@@H](CCCNC(=N)N)C(=O)N[C@@H](CC(C)C)C(=O)N[C@@H](CCCNC(=N)N)C(=O)N1CCC[C@H]1C(=O)NCC(=O)NCC(=O)NCC(=O)N[C@@H](CSCC(N)=O)C(N)=O. The molecule has 0 saturated carbocycles. The van der Waals surface area contributed by atoms with E-state index in [1.165, 1.54) is 11.1 Å². The molecule has 0 unspecified atom stereocenters. The molecule has 1 aromatic carbocycles. The Kier molecular flexibility index (Phi) is 55.1. The Hall–Kier alpha value is -14.1. The Bertz CT molecular complexity index is 4660. The first kappa shape index (κ1) is 121. The van der Waals surface area contributed by atoms with Gasteiger partial charge in [-0.05, 0) is 145 Å². The van der Waals surface area contributed by atoms with Crippen molar-refractivity contribution in [2.75, 3.05) is 70.4 Å². The third-order valence-corrected chi connectivity index (χ3v) is 23.1. The van der Waals surface area contributed by atoms with E-state index in [1.807, 2.05) is 0 Å². The molecule has 3 rings (SSSR count). The van der Waals surface area contributed by atoms with Crippen molar-refractivity contribution < 1.29 is 121 Å². The monoisotopic (exact) mass is 2010 g/mol. The van der Waals surface area contributed by atoms with Crippen LogP contribution in [-0.2, 0) is 112 Å². The topological polar surface area (TPSA) is 876 Å². The van der Waals surface area contributed by atoms with E-state index in [9.17, 15) is 102 Å². The van der Waals surface area contributed by atoms with Crippen LogP contribution in [0.3, 0.4) is 0 Å². The molecule has 1 saturated heterocycles. The summed E-state index contributed by atoms with van der Waals surface area (Å²) in [6.07, 6.45) is -2.33. The maximum Gasteiger partial charge on any atom is 0.305 e. The quantitative estimate of drug-likeness (QED) is 0.0166. The highest BCUT2D eigenvalue weighted by Gasteiger charge is 2.42. The Morgan fingerprint density at radius 3 is 1.33 bits per heavy atom. The minimum Gasteiger partial charge on any atom is -0.481 e. The predicted octanol–water partition coefficient (Wildman–Crippen LogP) is -8.17. The molecule has 0 aliphatic carbocycles. The summed E-state index contributed by atoms with van der Waals surface area (Å²) in [4.78, 5) is 302. The van der Waals surface area contributed by atoms with E-state index in [0.29, 0.717) is 16.5 Å². The van der Waals surface area contributed by atoms with Crippen molar-refractivity contribution in [3.63, 3.8) is 0 Å². The van der Waals surface area contributed by atoms with Crippen LogP contribution in [0.1, 0.15) is 182 Å². The van der Waals surface area contributed by atoms with Crippen LogP contribution in [-0.4, -0.2) is 316 Å². The number of nitrogens with one attached hydrogen (secondary N) is 21. The van der Waals surface area contributed by atoms with Crippen molar-refractivity contribution in [2.45, 2.75) is 262 Å². The molecular formula is C87H142N28O25S. The largest absolute Gasteiger partial charge is 0.481 e. The number of hydrogen-bond donors (Lipinski definition) is 30. The number of likely N-dealkylation sites (tertiary alicyclic amines) is 1. The number of guanidine groups is 2. The number of H-pyrrole nitrogens is 1. The maximum absolute atomic E-state index is 15.2. The van der Waals surface area contributed by atoms with E-state index >= 15 is 19.2 Å². The number of para-hydroxylation sites is 1. The lowest BCUT2D eigenvalue weighted by atomic mass is 9.96. The zero-order valence-electron chi connectivity index (χ0n) is 80.4. The number of aliphatic carboxylic acids is 3. The molecule has 1 fully saturated rings. The van der Waals surface area contributed by atoms with Crippen LogP contribution >= 0.6 is 11.8 Å². The Morgan fingerprint density at radius 1 is 0.454 bits per heavy atom. The number of carboxylic acids is 3. The molecule has 0 spiro atoms. The number of carboxylic acid groups (broad SMARTS) is 3. The Balaban J connectivity index is 2.03. The average molecular weight is 2010 g/mol. The first-order chi connectivity index (χ1) is 66.6. The molecule has 1 aliphatic rings. The fourth-order valence-electron chi connectivity index (χ4n) is 14.5. The number of aromatic nitrogens is 1. The van der Waals surface area contributed by atoms with Gasteiger partial charge in [-0.1, -0.05) is 66.2 Å². The molecule has 1 aliphatic heterocycles. The molecule has 786 valence electrons. The number of nitrogens with zero attached hydrogens (tertiary/aromatic N) is 1. The molecule has 0 radical (unpaired) electrons. The summed E-state index contributed by atoms with van der Waals surface area (Å²) >= 11 is 0.935. The van der Waals surface area contributed by atoms with Crippen molar-refractivity contribution in [2.24, 2.45) is 52.2 Å². The van der Waals surface area contributed by atoms with Crippen LogP contribution < -0.4 is 130 Å². The molecular weight excluding hydrogens is 1870 g/mol. The number of primary amides is 2. The van der Waals surface area contributed by atoms with E-state index in [1.54, 1.807) is 65.8 Å². The van der Waals surface area contributed by atoms with E-state index in [-0.39, 0.29) is 146 Å². The van der Waals surface area contributed by atoms with Gasteiger partial charge in [-0.3, -0.25) is 116 Å². The van der Waals surface area contributed by atoms with Crippen LogP contribution in [0.4, 0.5) is 0 Å². The third-order valence-electron chi connectivity index (χ3n) is 22.0. The number of benzene rings is 1. The number of hydrogen-bond acceptors (Lipinski definition) is 27. The Labute approximate surface area is 818 Å². The number of rotatable bonds is 69. The lowest BCUT2D eigenvalue weighted by Crippen LogP contribution is -2.61. The zero-order chi connectivity index (χ0) is 106. The first-order valence-corrected chi connectivity index (χ1v) is 47.6. The highest BCUT2D eigenvalue weighted by molar-refractivity contribution is 8.00. The van der Waals surface area contributed by atoms with E-state index in [0.717, 1.165) is 18.7 Å². The van der Waals surface area contributed by atoms with E-state index in [2.05, 4.69) is 101 Å². The second-order valence-corrected chi connectivity index (χ2v) is 35.8. The van der Waals surface area contributed by atoms with Crippen molar-refractivity contribution in [1.82, 2.24) is 106 Å². The molecule has 54 heteroatoms. The third kappa shape index (κ3) is 47.4. The molecule has 1 aromatic heterocycles. The van der Waals surface area contributed by atoms with Crippen LogP contribution in [0.2, 0.25) is 0 Å². The number of fused-ring (bicyclic) bond motifs is 1. The van der Waals surface area contributed by atoms with Gasteiger partial charge in [0.1, 0.15) is 78.5 Å². The van der Waals surface area contributed by atoms with Crippen molar-refractivity contribution in [3.05, 3.63) is 36.0 Å². The van der Waals surface area contributed by atoms with Gasteiger partial charge in [-0.25, -0.2) is 0 Å². The molecule has 53 nitrogen and oxygen atoms in total. The second kappa shape index (κ2) is 64.2. The highest BCUT2D eigenvalue weighted by atomic mass is 32.2. The lowest BCUT2D eigenvalue weighted by Gasteiger charge is -2.31. The zero-order valence-corrected chi connectivity index (χ0v) is 81.2. The number of carbonyl (C=O) groups is 22. The van der Waals surface area contributed by atoms with Crippen LogP contribution in [0, 0.1) is 28.6 Å². The fourth-order valence-corrected chi connectivity index (χ4v) is 15.3. The lowest BCUT2D eigenvalue weighted by molar-refractivity contribution is -0.142. The van der Waals surface area contributed by atoms with Gasteiger partial charge in [0.15, 0.2) is 11.9 Å². The van der Waals surface area contributed by atoms with E-state index in [4.69, 9.17) is 45.2 Å². The first-order valence-electron chi connectivity index (χ1n) is 46.5. The number of thioether (sulfide) groups is 1. The minimum atomic E-state index is -2.01. The number of amides is 19. The highest BCUT2D eigenvalue weighted by Crippen LogP contribution is 2.24. The maximum atomic E-state index is 15.2. The molecule has 141 heavy (non-hydrogen) atoms. The van der Waals surface area contributed by atoms with Gasteiger partial charge in [-0.2, -0.15) is 0 Å². The van der Waals surface area contributed by atoms with Crippen molar-refractivity contribution >= 4 is 165 Å². The van der Waals surface area contributed by atoms with Gasteiger partial charge in [0.05, 0.1) is 38.4 Å². The summed E-state index contributed by atoms with van der Waals surface area (Å²) in [6.45, 7) is 8.62. The minimum absolute atomic E-state index is 0.00876. The van der Waals surface area contributed by atoms with Crippen LogP contribution in [0.5, 0.6) is 0 Å². The molecule has 0 bridgehead atoms. The van der Waals surface area contributed by atoms with Gasteiger partial charge in [0, 0.05) is 68.7 Å². The average Bonchev–Trinajstić information content (AvgIpc) is 1.70. The normalized spacial score (nSPS) is 14.9. The summed E-state index contributed by atoms with van der Waals surface area (Å²) in [6, 6.07) is -13.7. The van der Waals surface area contributed by atoms with Gasteiger partial charge < -0.3 is 155 Å². The second-order valence-electron chi connectivity index (χ2n) is 34.7. The van der Waals surface area contributed by atoms with Crippen molar-refractivity contribution in [3.8, 4) is 0 Å². The molecule has 19 amide bonds.